The number of carbonyl (C=O) groups is 1. The van der Waals surface area contributed by atoms with Crippen LogP contribution in [-0.2, 0) is 11.2 Å². The smallest absolute Gasteiger partial charge is 0.317 e. The number of hydrogen-bond acceptors (Lipinski definition) is 3. The van der Waals surface area contributed by atoms with Gasteiger partial charge in [-0.25, -0.2) is 4.79 Å². The molecule has 2 unspecified atom stereocenters. The fraction of sp³-hybridized carbons (Fsp3) is 0.611. The van der Waals surface area contributed by atoms with Crippen molar-refractivity contribution in [2.75, 3.05) is 33.3 Å². The molecule has 0 saturated carbocycles. The third kappa shape index (κ3) is 4.24. The Bertz CT molecular complexity index is 527. The molecule has 2 aliphatic rings. The molecule has 1 aromatic rings. The SMILES string of the molecule is CN(CC1OCCc2ccccc21)C(=O)NC1CCCCNC1. The fourth-order valence-electron chi connectivity index (χ4n) is 3.39. The highest BCUT2D eigenvalue weighted by Gasteiger charge is 2.24. The molecule has 2 N–H and O–H groups in total. The van der Waals surface area contributed by atoms with E-state index in [0.29, 0.717) is 6.54 Å². The van der Waals surface area contributed by atoms with Gasteiger partial charge < -0.3 is 20.3 Å². The zero-order valence-electron chi connectivity index (χ0n) is 13.9. The molecule has 0 aromatic heterocycles. The van der Waals surface area contributed by atoms with Gasteiger partial charge in [0, 0.05) is 19.6 Å². The van der Waals surface area contributed by atoms with Gasteiger partial charge in [0.2, 0.25) is 0 Å². The van der Waals surface area contributed by atoms with E-state index >= 15 is 0 Å². The Labute approximate surface area is 138 Å². The standard InChI is InChI=1S/C18H27N3O2/c1-21(18(22)20-15-7-4-5-10-19-12-15)13-17-16-8-3-2-6-14(16)9-11-23-17/h2-3,6,8,15,17,19H,4-5,7,9-13H2,1H3,(H,20,22). The van der Waals surface area contributed by atoms with E-state index in [4.69, 9.17) is 4.74 Å². The summed E-state index contributed by atoms with van der Waals surface area (Å²) in [5.41, 5.74) is 2.56. The highest BCUT2D eigenvalue weighted by Crippen LogP contribution is 2.27. The lowest BCUT2D eigenvalue weighted by atomic mass is 9.97. The van der Waals surface area contributed by atoms with Crippen LogP contribution in [0.25, 0.3) is 0 Å². The quantitative estimate of drug-likeness (QED) is 0.897. The van der Waals surface area contributed by atoms with Gasteiger partial charge in [-0.2, -0.15) is 0 Å². The molecule has 2 aliphatic heterocycles. The lowest BCUT2D eigenvalue weighted by Gasteiger charge is -2.30. The number of nitrogens with zero attached hydrogens (tertiary/aromatic N) is 1. The molecule has 1 fully saturated rings. The number of carbonyl (C=O) groups excluding carboxylic acids is 1. The molecule has 2 atom stereocenters. The molecular formula is C18H27N3O2. The summed E-state index contributed by atoms with van der Waals surface area (Å²) in [6, 6.07) is 8.59. The second-order valence-electron chi connectivity index (χ2n) is 6.54. The topological polar surface area (TPSA) is 53.6 Å². The second kappa shape index (κ2) is 7.79. The number of fused-ring (bicyclic) bond motifs is 1. The van der Waals surface area contributed by atoms with Gasteiger partial charge in [0.15, 0.2) is 0 Å². The third-order valence-electron chi connectivity index (χ3n) is 4.75. The van der Waals surface area contributed by atoms with Gasteiger partial charge in [-0.1, -0.05) is 30.7 Å². The van der Waals surface area contributed by atoms with Crippen LogP contribution in [0.1, 0.15) is 36.5 Å². The number of ether oxygens (including phenoxy) is 1. The van der Waals surface area contributed by atoms with E-state index in [1.54, 1.807) is 4.90 Å². The van der Waals surface area contributed by atoms with Crippen molar-refractivity contribution in [1.82, 2.24) is 15.5 Å². The number of rotatable bonds is 3. The summed E-state index contributed by atoms with van der Waals surface area (Å²) in [5, 5.41) is 6.52. The highest BCUT2D eigenvalue weighted by molar-refractivity contribution is 5.74. The zero-order chi connectivity index (χ0) is 16.1. The largest absolute Gasteiger partial charge is 0.371 e. The molecule has 23 heavy (non-hydrogen) atoms. The van der Waals surface area contributed by atoms with Crippen LogP contribution in [0.5, 0.6) is 0 Å². The minimum atomic E-state index is -0.0250. The molecule has 0 spiro atoms. The molecule has 0 aliphatic carbocycles. The number of hydrogen-bond donors (Lipinski definition) is 2. The normalized spacial score (nSPS) is 24.4. The minimum absolute atomic E-state index is 0.00893. The van der Waals surface area contributed by atoms with Gasteiger partial charge in [-0.05, 0) is 36.9 Å². The van der Waals surface area contributed by atoms with Crippen molar-refractivity contribution in [3.63, 3.8) is 0 Å². The van der Waals surface area contributed by atoms with Gasteiger partial charge in [0.25, 0.3) is 0 Å². The molecule has 2 amide bonds. The summed E-state index contributed by atoms with van der Waals surface area (Å²) in [6.07, 6.45) is 4.34. The van der Waals surface area contributed by atoms with Crippen LogP contribution in [0.4, 0.5) is 4.79 Å². The summed E-state index contributed by atoms with van der Waals surface area (Å²) in [5.74, 6) is 0. The van der Waals surface area contributed by atoms with E-state index in [1.807, 2.05) is 13.1 Å². The molecule has 1 aromatic carbocycles. The minimum Gasteiger partial charge on any atom is -0.371 e. The van der Waals surface area contributed by atoms with E-state index in [0.717, 1.165) is 32.5 Å². The number of amides is 2. The number of nitrogens with one attached hydrogen (secondary N) is 2. The Morgan fingerprint density at radius 2 is 2.26 bits per heavy atom. The van der Waals surface area contributed by atoms with Crippen LogP contribution in [0.3, 0.4) is 0 Å². The predicted molar refractivity (Wildman–Crippen MR) is 90.5 cm³/mol. The molecule has 0 bridgehead atoms. The Hall–Kier alpha value is -1.59. The Balaban J connectivity index is 1.56. The number of benzene rings is 1. The zero-order valence-corrected chi connectivity index (χ0v) is 13.9. The summed E-state index contributed by atoms with van der Waals surface area (Å²) < 4.78 is 5.90. The maximum absolute atomic E-state index is 12.4. The van der Waals surface area contributed by atoms with E-state index in [2.05, 4.69) is 28.8 Å². The van der Waals surface area contributed by atoms with Crippen LogP contribution in [0, 0.1) is 0 Å². The summed E-state index contributed by atoms with van der Waals surface area (Å²) in [6.45, 7) is 3.23. The Kier molecular flexibility index (Phi) is 5.51. The molecule has 1 saturated heterocycles. The van der Waals surface area contributed by atoms with Gasteiger partial charge >= 0.3 is 6.03 Å². The first-order valence-corrected chi connectivity index (χ1v) is 8.66. The predicted octanol–water partition coefficient (Wildman–Crippen LogP) is 2.08. The summed E-state index contributed by atoms with van der Waals surface area (Å²) in [7, 11) is 1.85. The van der Waals surface area contributed by atoms with Crippen LogP contribution >= 0.6 is 0 Å². The van der Waals surface area contributed by atoms with Crippen molar-refractivity contribution in [2.24, 2.45) is 0 Å². The number of likely N-dealkylation sites (N-methyl/N-ethyl adjacent to an activating group) is 1. The van der Waals surface area contributed by atoms with E-state index in [9.17, 15) is 4.79 Å². The second-order valence-corrected chi connectivity index (χ2v) is 6.54. The van der Waals surface area contributed by atoms with E-state index in [1.165, 1.54) is 24.0 Å². The summed E-state index contributed by atoms with van der Waals surface area (Å²) >= 11 is 0. The molecule has 2 heterocycles. The van der Waals surface area contributed by atoms with Crippen LogP contribution < -0.4 is 10.6 Å². The first kappa shape index (κ1) is 16.3. The van der Waals surface area contributed by atoms with Crippen molar-refractivity contribution >= 4 is 6.03 Å². The molecule has 5 nitrogen and oxygen atoms in total. The van der Waals surface area contributed by atoms with Crippen molar-refractivity contribution in [1.29, 1.82) is 0 Å². The Morgan fingerprint density at radius 3 is 3.17 bits per heavy atom. The lowest BCUT2D eigenvalue weighted by molar-refractivity contribution is 0.0268. The van der Waals surface area contributed by atoms with Crippen LogP contribution in [-0.4, -0.2) is 50.3 Å². The van der Waals surface area contributed by atoms with Crippen molar-refractivity contribution in [3.8, 4) is 0 Å². The maximum atomic E-state index is 12.4. The first-order valence-electron chi connectivity index (χ1n) is 8.66. The van der Waals surface area contributed by atoms with Gasteiger partial charge in [-0.15, -0.1) is 0 Å². The van der Waals surface area contributed by atoms with Crippen molar-refractivity contribution in [2.45, 2.75) is 37.8 Å². The Morgan fingerprint density at radius 1 is 1.39 bits per heavy atom. The highest BCUT2D eigenvalue weighted by atomic mass is 16.5. The summed E-state index contributed by atoms with van der Waals surface area (Å²) in [4.78, 5) is 14.2. The van der Waals surface area contributed by atoms with Crippen molar-refractivity contribution in [3.05, 3.63) is 35.4 Å². The first-order chi connectivity index (χ1) is 11.2. The van der Waals surface area contributed by atoms with E-state index in [-0.39, 0.29) is 18.2 Å². The van der Waals surface area contributed by atoms with E-state index < -0.39 is 0 Å². The molecule has 126 valence electrons. The monoisotopic (exact) mass is 317 g/mol. The average molecular weight is 317 g/mol. The molecular weight excluding hydrogens is 290 g/mol. The maximum Gasteiger partial charge on any atom is 0.317 e. The average Bonchev–Trinajstić information content (AvgIpc) is 2.84. The van der Waals surface area contributed by atoms with Gasteiger partial charge in [0.05, 0.1) is 13.2 Å². The number of urea groups is 1. The molecule has 0 radical (unpaired) electrons. The molecule has 3 rings (SSSR count). The fourth-order valence-corrected chi connectivity index (χ4v) is 3.39. The van der Waals surface area contributed by atoms with Gasteiger partial charge in [0.1, 0.15) is 6.10 Å². The third-order valence-corrected chi connectivity index (χ3v) is 4.75. The van der Waals surface area contributed by atoms with Crippen molar-refractivity contribution < 1.29 is 9.53 Å². The van der Waals surface area contributed by atoms with Crippen LogP contribution in [0.15, 0.2) is 24.3 Å². The molecule has 5 heteroatoms. The van der Waals surface area contributed by atoms with Crippen LogP contribution in [0.2, 0.25) is 0 Å². The lowest BCUT2D eigenvalue weighted by Crippen LogP contribution is -2.47. The van der Waals surface area contributed by atoms with Gasteiger partial charge in [-0.3, -0.25) is 0 Å².